The first kappa shape index (κ1) is 14.6. The maximum Gasteiger partial charge on any atom is 0.0940 e. The van der Waals surface area contributed by atoms with Crippen LogP contribution in [-0.4, -0.2) is 25.0 Å². The summed E-state index contributed by atoms with van der Waals surface area (Å²) < 4.78 is 5.75. The molecule has 86 valence electrons. The molecule has 0 radical (unpaired) electrons. The molecule has 0 saturated heterocycles. The third kappa shape index (κ3) is 4.04. The van der Waals surface area contributed by atoms with Gasteiger partial charge in [0.1, 0.15) is 0 Å². The highest BCUT2D eigenvalue weighted by molar-refractivity contribution is 8.07. The Balaban J connectivity index is 3.35. The maximum atomic E-state index is 2.16. The molecule has 0 amide bonds. The van der Waals surface area contributed by atoms with Crippen LogP contribution in [0.3, 0.4) is 0 Å². The summed E-state index contributed by atoms with van der Waals surface area (Å²) in [4.78, 5) is 0. The van der Waals surface area contributed by atoms with Crippen LogP contribution < -0.4 is 0 Å². The second-order valence-electron chi connectivity index (χ2n) is 2.24. The minimum absolute atomic E-state index is 1.44. The van der Waals surface area contributed by atoms with Crippen LogP contribution in [0.1, 0.15) is 0 Å². The van der Waals surface area contributed by atoms with Gasteiger partial charge in [0.05, 0.1) is 16.8 Å². The van der Waals surface area contributed by atoms with E-state index >= 15 is 0 Å². The molecule has 1 rings (SSSR count). The average molecular weight is 333 g/mol. The van der Waals surface area contributed by atoms with Crippen LogP contribution >= 0.6 is 79.1 Å². The van der Waals surface area contributed by atoms with Gasteiger partial charge >= 0.3 is 0 Å². The Bertz CT molecular complexity index is 312. The Hall–Kier alpha value is 1.54. The Morgan fingerprint density at radius 1 is 0.600 bits per heavy atom. The summed E-state index contributed by atoms with van der Waals surface area (Å²) in [6.45, 7) is 0. The zero-order valence-corrected chi connectivity index (χ0v) is 14.6. The fraction of sp³-hybridized carbons (Fsp3) is 0.500. The van der Waals surface area contributed by atoms with Gasteiger partial charge in [-0.15, -0.1) is 58.4 Å². The van der Waals surface area contributed by atoms with Gasteiger partial charge in [-0.25, -0.2) is 0 Å². The molecule has 0 aliphatic rings. The van der Waals surface area contributed by atoms with Crippen molar-refractivity contribution >= 4 is 79.1 Å². The van der Waals surface area contributed by atoms with E-state index in [4.69, 9.17) is 0 Å². The average Bonchev–Trinajstić information content (AvgIpc) is 2.46. The van der Waals surface area contributed by atoms with E-state index in [0.717, 1.165) is 0 Å². The van der Waals surface area contributed by atoms with E-state index in [9.17, 15) is 0 Å². The van der Waals surface area contributed by atoms with Gasteiger partial charge in [-0.2, -0.15) is 0 Å². The van der Waals surface area contributed by atoms with Crippen LogP contribution in [-0.2, 0) is 0 Å². The molecule has 0 unspecified atom stereocenters. The summed E-state index contributed by atoms with van der Waals surface area (Å²) in [5, 5.41) is 0. The molecule has 7 heteroatoms. The van der Waals surface area contributed by atoms with Gasteiger partial charge in [0.15, 0.2) is 0 Å². The van der Waals surface area contributed by atoms with Crippen LogP contribution in [0.2, 0.25) is 0 Å². The Morgan fingerprint density at radius 2 is 0.933 bits per heavy atom. The van der Waals surface area contributed by atoms with Crippen molar-refractivity contribution in [1.82, 2.24) is 0 Å². The smallest absolute Gasteiger partial charge is 0.0940 e. The monoisotopic (exact) mass is 332 g/mol. The molecule has 1 aromatic heterocycles. The van der Waals surface area contributed by atoms with Crippen molar-refractivity contribution in [2.45, 2.75) is 16.8 Å². The topological polar surface area (TPSA) is 0 Å². The van der Waals surface area contributed by atoms with E-state index in [0.29, 0.717) is 0 Å². The zero-order chi connectivity index (χ0) is 11.3. The molecule has 0 N–H and O–H groups in total. The first-order valence-corrected chi connectivity index (χ1v) is 11.8. The number of thioether (sulfide) groups is 4. The SMILES string of the molecule is CSc1ssc(SC)c(SC)sc1SC. The fourth-order valence-corrected chi connectivity index (χ4v) is 10.4. The van der Waals surface area contributed by atoms with Gasteiger partial charge in [-0.05, 0) is 25.0 Å². The molecule has 15 heavy (non-hydrogen) atoms. The summed E-state index contributed by atoms with van der Waals surface area (Å²) in [5.41, 5.74) is 0. The number of hydrogen-bond donors (Lipinski definition) is 0. The van der Waals surface area contributed by atoms with Crippen molar-refractivity contribution in [2.75, 3.05) is 25.0 Å². The third-order valence-corrected chi connectivity index (χ3v) is 11.2. The van der Waals surface area contributed by atoms with Crippen molar-refractivity contribution in [3.63, 3.8) is 0 Å². The summed E-state index contributed by atoms with van der Waals surface area (Å²) in [6.07, 6.45) is 8.63. The summed E-state index contributed by atoms with van der Waals surface area (Å²) in [5.74, 6) is 0. The molecule has 0 spiro atoms. The predicted molar refractivity (Wildman–Crippen MR) is 84.8 cm³/mol. The summed E-state index contributed by atoms with van der Waals surface area (Å²) >= 11 is 9.33. The van der Waals surface area contributed by atoms with Gasteiger partial charge in [0, 0.05) is 0 Å². The zero-order valence-electron chi connectivity index (χ0n) is 8.86. The minimum atomic E-state index is 1.44. The van der Waals surface area contributed by atoms with Gasteiger partial charge < -0.3 is 0 Å². The normalized spacial score (nSPS) is 10.4. The van der Waals surface area contributed by atoms with Crippen molar-refractivity contribution in [2.24, 2.45) is 0 Å². The van der Waals surface area contributed by atoms with Crippen LogP contribution in [0.4, 0.5) is 0 Å². The van der Waals surface area contributed by atoms with Gasteiger partial charge in [-0.3, -0.25) is 0 Å². The van der Waals surface area contributed by atoms with Crippen LogP contribution in [0.5, 0.6) is 0 Å². The van der Waals surface area contributed by atoms with Crippen LogP contribution in [0.25, 0.3) is 0 Å². The Labute approximate surface area is 120 Å². The first-order chi connectivity index (χ1) is 7.26. The van der Waals surface area contributed by atoms with Crippen molar-refractivity contribution in [3.8, 4) is 0 Å². The summed E-state index contributed by atoms with van der Waals surface area (Å²) in [6, 6.07) is 0. The van der Waals surface area contributed by atoms with Crippen LogP contribution in [0, 0.1) is 0 Å². The second kappa shape index (κ2) is 7.79. The molecule has 0 aliphatic heterocycles. The van der Waals surface area contributed by atoms with Crippen molar-refractivity contribution < 1.29 is 0 Å². The lowest BCUT2D eigenvalue weighted by molar-refractivity contribution is 1.48. The second-order valence-corrected chi connectivity index (χ2v) is 9.71. The molecule has 1 heterocycles. The van der Waals surface area contributed by atoms with E-state index in [1.54, 1.807) is 0 Å². The molecular weight excluding hydrogens is 321 g/mol. The molecule has 0 saturated carbocycles. The summed E-state index contributed by atoms with van der Waals surface area (Å²) in [7, 11) is 3.79. The predicted octanol–water partition coefficient (Wildman–Crippen LogP) is 5.88. The van der Waals surface area contributed by atoms with Gasteiger partial charge in [0.25, 0.3) is 0 Å². The lowest BCUT2D eigenvalue weighted by Gasteiger charge is -1.98. The van der Waals surface area contributed by atoms with E-state index in [1.807, 2.05) is 79.1 Å². The quantitative estimate of drug-likeness (QED) is 0.498. The number of hydrogen-bond acceptors (Lipinski definition) is 7. The number of rotatable bonds is 4. The van der Waals surface area contributed by atoms with E-state index in [2.05, 4.69) is 25.0 Å². The van der Waals surface area contributed by atoms with Crippen molar-refractivity contribution in [1.29, 1.82) is 0 Å². The molecule has 1 aromatic rings. The lowest BCUT2D eigenvalue weighted by Crippen LogP contribution is -1.66. The fourth-order valence-electron chi connectivity index (χ4n) is 0.796. The molecular formula is C8H12S7. The Kier molecular flexibility index (Phi) is 7.58. The highest BCUT2D eigenvalue weighted by atomic mass is 32.9. The molecule has 0 atom stereocenters. The van der Waals surface area contributed by atoms with E-state index < -0.39 is 0 Å². The highest BCUT2D eigenvalue weighted by Gasteiger charge is 2.07. The standard InChI is InChI=1S/C8H12S7/c1-9-5-7(11-3)14-15-8(12-4)6(10-2)13-5/h1-4H3. The van der Waals surface area contributed by atoms with Crippen LogP contribution in [0.15, 0.2) is 16.8 Å². The first-order valence-electron chi connectivity index (χ1n) is 3.93. The molecule has 0 bridgehead atoms. The minimum Gasteiger partial charge on any atom is -0.118 e. The molecule has 0 nitrogen and oxygen atoms in total. The van der Waals surface area contributed by atoms with E-state index in [-0.39, 0.29) is 0 Å². The molecule has 0 fully saturated rings. The van der Waals surface area contributed by atoms with Gasteiger partial charge in [-0.1, -0.05) is 20.7 Å². The van der Waals surface area contributed by atoms with E-state index in [1.165, 1.54) is 16.8 Å². The van der Waals surface area contributed by atoms with Gasteiger partial charge in [0.2, 0.25) is 0 Å². The molecule has 0 aromatic carbocycles. The third-order valence-electron chi connectivity index (χ3n) is 1.45. The lowest BCUT2D eigenvalue weighted by atomic mass is 11.1. The Morgan fingerprint density at radius 3 is 1.20 bits per heavy atom. The van der Waals surface area contributed by atoms with Crippen molar-refractivity contribution in [3.05, 3.63) is 0 Å². The molecule has 0 aliphatic carbocycles. The maximum absolute atomic E-state index is 2.16. The highest BCUT2D eigenvalue weighted by Crippen LogP contribution is 2.44. The largest absolute Gasteiger partial charge is 0.118 e.